The summed E-state index contributed by atoms with van der Waals surface area (Å²) < 4.78 is 5.92. The van der Waals surface area contributed by atoms with Crippen molar-refractivity contribution in [1.82, 2.24) is 20.3 Å². The molecule has 0 fully saturated rings. The molecule has 0 radical (unpaired) electrons. The first-order chi connectivity index (χ1) is 11.9. The summed E-state index contributed by atoms with van der Waals surface area (Å²) >= 11 is 1.67. The Hall–Kier alpha value is -3.12. The van der Waals surface area contributed by atoms with Crippen molar-refractivity contribution in [2.24, 2.45) is 0 Å². The molecule has 0 N–H and O–H groups in total. The normalized spacial score (nSPS) is 12.2. The number of hydrogen-bond acceptors (Lipinski definition) is 6. The smallest absolute Gasteiger partial charge is 0.240 e. The maximum absolute atomic E-state index is 4.81. The van der Waals surface area contributed by atoms with Crippen LogP contribution < -0.4 is 0 Å². The molecule has 0 aliphatic carbocycles. The van der Waals surface area contributed by atoms with Crippen molar-refractivity contribution in [3.63, 3.8) is 0 Å². The molecule has 3 aromatic heterocycles. The van der Waals surface area contributed by atoms with Crippen LogP contribution >= 0.6 is 11.3 Å². The summed E-state index contributed by atoms with van der Waals surface area (Å²) in [5.74, 6) is 0. The van der Waals surface area contributed by atoms with Gasteiger partial charge in [0.15, 0.2) is 0 Å². The highest BCUT2D eigenvalue weighted by Crippen LogP contribution is 2.39. The molecule has 3 heterocycles. The lowest BCUT2D eigenvalue weighted by Crippen LogP contribution is -1.90. The number of aromatic nitrogens is 4. The van der Waals surface area contributed by atoms with Gasteiger partial charge >= 0.3 is 0 Å². The summed E-state index contributed by atoms with van der Waals surface area (Å²) in [6, 6.07) is 14.8. The summed E-state index contributed by atoms with van der Waals surface area (Å²) in [7, 11) is 0. The number of rotatable bonds is 0. The SMILES string of the molecule is c1ccc2c(c1)ccc1c3ccsc3c3nc4nonc4nc3c21. The Kier molecular flexibility index (Phi) is 2.18. The van der Waals surface area contributed by atoms with E-state index in [0.717, 1.165) is 21.1 Å². The lowest BCUT2D eigenvalue weighted by atomic mass is 9.98. The zero-order chi connectivity index (χ0) is 15.7. The van der Waals surface area contributed by atoms with Gasteiger partial charge in [-0.15, -0.1) is 11.3 Å². The van der Waals surface area contributed by atoms with Gasteiger partial charge in [-0.25, -0.2) is 14.6 Å². The van der Waals surface area contributed by atoms with Crippen molar-refractivity contribution in [2.45, 2.75) is 0 Å². The number of hydrogen-bond donors (Lipinski definition) is 0. The quantitative estimate of drug-likeness (QED) is 0.379. The molecule has 0 atom stereocenters. The second-order valence-electron chi connectivity index (χ2n) is 5.70. The second-order valence-corrected chi connectivity index (χ2v) is 6.62. The Morgan fingerprint density at radius 3 is 2.50 bits per heavy atom. The van der Waals surface area contributed by atoms with Gasteiger partial charge in [0, 0.05) is 10.8 Å². The minimum atomic E-state index is 0.438. The van der Waals surface area contributed by atoms with Crippen molar-refractivity contribution >= 4 is 65.3 Å². The minimum absolute atomic E-state index is 0.438. The number of nitrogens with zero attached hydrogens (tertiary/aromatic N) is 4. The number of benzene rings is 3. The van der Waals surface area contributed by atoms with E-state index in [1.54, 1.807) is 11.3 Å². The number of thiophene rings is 1. The molecule has 3 aromatic carbocycles. The van der Waals surface area contributed by atoms with E-state index in [1.807, 2.05) is 6.07 Å². The van der Waals surface area contributed by atoms with Gasteiger partial charge in [-0.05, 0) is 37.9 Å². The summed E-state index contributed by atoms with van der Waals surface area (Å²) in [5.41, 5.74) is 2.58. The van der Waals surface area contributed by atoms with Gasteiger partial charge in [0.2, 0.25) is 11.3 Å². The van der Waals surface area contributed by atoms with Gasteiger partial charge < -0.3 is 0 Å². The Labute approximate surface area is 138 Å². The minimum Gasteiger partial charge on any atom is -0.240 e. The van der Waals surface area contributed by atoms with Crippen LogP contribution in [-0.4, -0.2) is 20.3 Å². The van der Waals surface area contributed by atoms with E-state index < -0.39 is 0 Å². The summed E-state index contributed by atoms with van der Waals surface area (Å²) in [5, 5.41) is 15.6. The fourth-order valence-corrected chi connectivity index (χ4v) is 4.33. The van der Waals surface area contributed by atoms with Crippen molar-refractivity contribution in [3.8, 4) is 0 Å². The van der Waals surface area contributed by atoms with Crippen LogP contribution in [0.15, 0.2) is 52.5 Å². The first kappa shape index (κ1) is 12.3. The third-order valence-electron chi connectivity index (χ3n) is 4.45. The highest BCUT2D eigenvalue weighted by atomic mass is 32.1. The van der Waals surface area contributed by atoms with Crippen LogP contribution in [0.25, 0.3) is 54.0 Å². The van der Waals surface area contributed by atoms with Gasteiger partial charge in [0.05, 0.1) is 4.70 Å². The molecule has 112 valence electrons. The Morgan fingerprint density at radius 2 is 1.58 bits per heavy atom. The van der Waals surface area contributed by atoms with E-state index in [9.17, 15) is 0 Å². The topological polar surface area (TPSA) is 64.7 Å². The third kappa shape index (κ3) is 1.43. The maximum Gasteiger partial charge on any atom is 0.244 e. The average Bonchev–Trinajstić information content (AvgIpc) is 3.28. The van der Waals surface area contributed by atoms with Gasteiger partial charge in [-0.1, -0.05) is 36.4 Å². The molecule has 6 rings (SSSR count). The fraction of sp³-hybridized carbons (Fsp3) is 0. The van der Waals surface area contributed by atoms with Crippen molar-refractivity contribution in [2.75, 3.05) is 0 Å². The molecule has 24 heavy (non-hydrogen) atoms. The summed E-state index contributed by atoms with van der Waals surface area (Å²) in [6.45, 7) is 0. The molecule has 0 bridgehead atoms. The largest absolute Gasteiger partial charge is 0.244 e. The van der Waals surface area contributed by atoms with Crippen molar-refractivity contribution in [3.05, 3.63) is 47.8 Å². The van der Waals surface area contributed by atoms with E-state index >= 15 is 0 Å². The molecule has 0 spiro atoms. The molecule has 0 unspecified atom stereocenters. The van der Waals surface area contributed by atoms with E-state index in [2.05, 4.69) is 57.1 Å². The Morgan fingerprint density at radius 1 is 0.750 bits per heavy atom. The number of fused-ring (bicyclic) bond motifs is 9. The summed E-state index contributed by atoms with van der Waals surface area (Å²) in [4.78, 5) is 9.40. The van der Waals surface area contributed by atoms with Gasteiger partial charge in [-0.2, -0.15) is 0 Å². The highest BCUT2D eigenvalue weighted by Gasteiger charge is 2.16. The predicted molar refractivity (Wildman–Crippen MR) is 95.3 cm³/mol. The van der Waals surface area contributed by atoms with E-state index in [-0.39, 0.29) is 0 Å². The molecular formula is C18H8N4OS. The standard InChI is InChI=1S/C18H8N4OS/c1-2-4-10-9(3-1)5-6-11-12-7-8-24-16(12)15-14(13(10)11)19-17-18(20-15)22-23-21-17/h1-8H. The zero-order valence-electron chi connectivity index (χ0n) is 12.2. The maximum atomic E-state index is 4.81. The van der Waals surface area contributed by atoms with Gasteiger partial charge in [-0.3, -0.25) is 0 Å². The molecule has 0 aliphatic heterocycles. The lowest BCUT2D eigenvalue weighted by Gasteiger charge is -2.08. The van der Waals surface area contributed by atoms with Crippen LogP contribution in [0.5, 0.6) is 0 Å². The molecule has 0 amide bonds. The van der Waals surface area contributed by atoms with E-state index in [1.165, 1.54) is 21.5 Å². The molecular weight excluding hydrogens is 320 g/mol. The molecule has 5 nitrogen and oxygen atoms in total. The Bertz CT molecular complexity index is 1420. The molecule has 6 aromatic rings. The van der Waals surface area contributed by atoms with Crippen LogP contribution in [0, 0.1) is 0 Å². The first-order valence-corrected chi connectivity index (χ1v) is 8.39. The molecule has 6 heteroatoms. The summed E-state index contributed by atoms with van der Waals surface area (Å²) in [6.07, 6.45) is 0. The van der Waals surface area contributed by atoms with Crippen LogP contribution in [0.4, 0.5) is 0 Å². The highest BCUT2D eigenvalue weighted by molar-refractivity contribution is 7.18. The van der Waals surface area contributed by atoms with Crippen LogP contribution in [0.2, 0.25) is 0 Å². The van der Waals surface area contributed by atoms with Crippen molar-refractivity contribution in [1.29, 1.82) is 0 Å². The van der Waals surface area contributed by atoms with Gasteiger partial charge in [0.1, 0.15) is 11.0 Å². The van der Waals surface area contributed by atoms with Crippen molar-refractivity contribution < 1.29 is 4.63 Å². The van der Waals surface area contributed by atoms with Gasteiger partial charge in [0.25, 0.3) is 0 Å². The van der Waals surface area contributed by atoms with E-state index in [0.29, 0.717) is 11.3 Å². The third-order valence-corrected chi connectivity index (χ3v) is 5.37. The van der Waals surface area contributed by atoms with Crippen LogP contribution in [0.3, 0.4) is 0 Å². The monoisotopic (exact) mass is 328 g/mol. The van der Waals surface area contributed by atoms with E-state index in [4.69, 9.17) is 9.61 Å². The molecule has 0 saturated heterocycles. The zero-order valence-corrected chi connectivity index (χ0v) is 13.0. The fourth-order valence-electron chi connectivity index (χ4n) is 3.43. The second kappa shape index (κ2) is 4.24. The molecule has 0 saturated carbocycles. The predicted octanol–water partition coefficient (Wildman–Crippen LogP) is 4.69. The molecule has 0 aliphatic rings. The Balaban J connectivity index is 2.05. The van der Waals surface area contributed by atoms with Crippen LogP contribution in [-0.2, 0) is 0 Å². The first-order valence-electron chi connectivity index (χ1n) is 7.51. The van der Waals surface area contributed by atoms with Crippen LogP contribution in [0.1, 0.15) is 0 Å². The lowest BCUT2D eigenvalue weighted by molar-refractivity contribution is 0.314. The average molecular weight is 328 g/mol.